The molecule has 5 heteroatoms. The minimum absolute atomic E-state index is 0.149. The Hall–Kier alpha value is -2.33. The van der Waals surface area contributed by atoms with Crippen molar-refractivity contribution in [1.82, 2.24) is 5.32 Å². The van der Waals surface area contributed by atoms with Crippen LogP contribution < -0.4 is 10.1 Å². The van der Waals surface area contributed by atoms with Gasteiger partial charge in [-0.25, -0.2) is 0 Å². The highest BCUT2D eigenvalue weighted by Crippen LogP contribution is 2.23. The van der Waals surface area contributed by atoms with Crippen LogP contribution in [0.25, 0.3) is 0 Å². The molecular formula is C19H20ClNO3. The fraction of sp³-hybridized carbons (Fsp3) is 0.263. The van der Waals surface area contributed by atoms with Crippen molar-refractivity contribution in [1.29, 1.82) is 0 Å². The number of nitrogens with one attached hydrogen (secondary N) is 1. The van der Waals surface area contributed by atoms with E-state index >= 15 is 0 Å². The summed E-state index contributed by atoms with van der Waals surface area (Å²) < 4.78 is 5.46. The molecular weight excluding hydrogens is 326 g/mol. The van der Waals surface area contributed by atoms with Gasteiger partial charge in [-0.2, -0.15) is 0 Å². The van der Waals surface area contributed by atoms with Gasteiger partial charge < -0.3 is 10.1 Å². The zero-order valence-electron chi connectivity index (χ0n) is 13.7. The maximum absolute atomic E-state index is 12.0. The van der Waals surface area contributed by atoms with E-state index in [1.165, 1.54) is 13.0 Å². The van der Waals surface area contributed by atoms with Crippen molar-refractivity contribution in [3.05, 3.63) is 64.7 Å². The van der Waals surface area contributed by atoms with Gasteiger partial charge in [0.05, 0.1) is 5.56 Å². The smallest absolute Gasteiger partial charge is 0.257 e. The van der Waals surface area contributed by atoms with Crippen LogP contribution in [-0.4, -0.2) is 24.8 Å². The van der Waals surface area contributed by atoms with Gasteiger partial charge in [0.2, 0.25) is 0 Å². The fourth-order valence-electron chi connectivity index (χ4n) is 2.26. The zero-order valence-corrected chi connectivity index (χ0v) is 14.5. The lowest BCUT2D eigenvalue weighted by Crippen LogP contribution is -2.32. The Balaban J connectivity index is 1.87. The van der Waals surface area contributed by atoms with Crippen molar-refractivity contribution in [2.24, 2.45) is 0 Å². The molecule has 126 valence electrons. The molecule has 4 nitrogen and oxygen atoms in total. The molecule has 24 heavy (non-hydrogen) atoms. The largest absolute Gasteiger partial charge is 0.483 e. The van der Waals surface area contributed by atoms with E-state index in [0.717, 1.165) is 5.56 Å². The Kier molecular flexibility index (Phi) is 6.38. The van der Waals surface area contributed by atoms with Crippen molar-refractivity contribution < 1.29 is 14.3 Å². The van der Waals surface area contributed by atoms with Crippen molar-refractivity contribution in [2.75, 3.05) is 13.2 Å². The van der Waals surface area contributed by atoms with Gasteiger partial charge in [0.25, 0.3) is 5.91 Å². The Labute approximate surface area is 146 Å². The van der Waals surface area contributed by atoms with Crippen LogP contribution in [-0.2, 0) is 4.79 Å². The lowest BCUT2D eigenvalue weighted by Gasteiger charge is -2.14. The van der Waals surface area contributed by atoms with Crippen LogP contribution >= 0.6 is 11.6 Å². The SMILES string of the molecule is CC(=O)c1cc(Cl)ccc1OCC(=O)NC[C@@H](C)c1ccccc1. The summed E-state index contributed by atoms with van der Waals surface area (Å²) in [5.74, 6) is 0.171. The molecule has 0 bridgehead atoms. The first-order chi connectivity index (χ1) is 11.5. The molecule has 0 aliphatic heterocycles. The van der Waals surface area contributed by atoms with Crippen LogP contribution in [0.2, 0.25) is 5.02 Å². The summed E-state index contributed by atoms with van der Waals surface area (Å²) in [4.78, 5) is 23.5. The summed E-state index contributed by atoms with van der Waals surface area (Å²) in [7, 11) is 0. The third-order valence-electron chi connectivity index (χ3n) is 3.65. The molecule has 0 unspecified atom stereocenters. The predicted octanol–water partition coefficient (Wildman–Crippen LogP) is 3.84. The van der Waals surface area contributed by atoms with Crippen LogP contribution in [0.3, 0.4) is 0 Å². The van der Waals surface area contributed by atoms with E-state index in [1.807, 2.05) is 37.3 Å². The molecule has 1 atom stereocenters. The van der Waals surface area contributed by atoms with Crippen molar-refractivity contribution in [3.8, 4) is 5.75 Å². The fourth-order valence-corrected chi connectivity index (χ4v) is 2.44. The summed E-state index contributed by atoms with van der Waals surface area (Å²) >= 11 is 5.88. The molecule has 1 N–H and O–H groups in total. The molecule has 0 aliphatic carbocycles. The van der Waals surface area contributed by atoms with Crippen LogP contribution in [0.1, 0.15) is 35.7 Å². The lowest BCUT2D eigenvalue weighted by molar-refractivity contribution is -0.123. The number of carbonyl (C=O) groups excluding carboxylic acids is 2. The van der Waals surface area contributed by atoms with E-state index in [4.69, 9.17) is 16.3 Å². The number of amides is 1. The molecule has 0 aliphatic rings. The quantitative estimate of drug-likeness (QED) is 0.776. The van der Waals surface area contributed by atoms with Gasteiger partial charge in [-0.05, 0) is 36.6 Å². The normalized spacial score (nSPS) is 11.6. The van der Waals surface area contributed by atoms with Gasteiger partial charge in [0, 0.05) is 11.6 Å². The van der Waals surface area contributed by atoms with E-state index in [1.54, 1.807) is 12.1 Å². The molecule has 0 saturated heterocycles. The van der Waals surface area contributed by atoms with Crippen LogP contribution in [0, 0.1) is 0 Å². The second-order valence-corrected chi connectivity index (χ2v) is 6.04. The first kappa shape index (κ1) is 18.0. The maximum atomic E-state index is 12.0. The number of ketones is 1. The number of benzene rings is 2. The number of halogens is 1. The third kappa shape index (κ3) is 5.10. The molecule has 2 rings (SSSR count). The Morgan fingerprint density at radius 2 is 1.88 bits per heavy atom. The maximum Gasteiger partial charge on any atom is 0.257 e. The third-order valence-corrected chi connectivity index (χ3v) is 3.89. The average Bonchev–Trinajstić information content (AvgIpc) is 2.59. The lowest BCUT2D eigenvalue weighted by atomic mass is 10.0. The highest BCUT2D eigenvalue weighted by Gasteiger charge is 2.12. The second kappa shape index (κ2) is 8.50. The van der Waals surface area contributed by atoms with E-state index in [0.29, 0.717) is 22.9 Å². The first-order valence-corrected chi connectivity index (χ1v) is 8.10. The monoisotopic (exact) mass is 345 g/mol. The molecule has 0 spiro atoms. The number of rotatable bonds is 7. The summed E-state index contributed by atoms with van der Waals surface area (Å²) in [6.45, 7) is 3.85. The molecule has 0 saturated carbocycles. The van der Waals surface area contributed by atoms with Crippen molar-refractivity contribution in [3.63, 3.8) is 0 Å². The molecule has 2 aromatic carbocycles. The van der Waals surface area contributed by atoms with Gasteiger partial charge >= 0.3 is 0 Å². The number of carbonyl (C=O) groups is 2. The Morgan fingerprint density at radius 1 is 1.17 bits per heavy atom. The van der Waals surface area contributed by atoms with Crippen molar-refractivity contribution in [2.45, 2.75) is 19.8 Å². The molecule has 0 heterocycles. The molecule has 0 fully saturated rings. The van der Waals surface area contributed by atoms with Gasteiger partial charge in [-0.15, -0.1) is 0 Å². The molecule has 0 aromatic heterocycles. The Bertz CT molecular complexity index is 716. The minimum Gasteiger partial charge on any atom is -0.483 e. The number of hydrogen-bond acceptors (Lipinski definition) is 3. The molecule has 0 radical (unpaired) electrons. The summed E-state index contributed by atoms with van der Waals surface area (Å²) in [6.07, 6.45) is 0. The van der Waals surface area contributed by atoms with Crippen LogP contribution in [0.15, 0.2) is 48.5 Å². The highest BCUT2D eigenvalue weighted by molar-refractivity contribution is 6.31. The van der Waals surface area contributed by atoms with E-state index in [-0.39, 0.29) is 24.2 Å². The summed E-state index contributed by atoms with van der Waals surface area (Å²) in [5, 5.41) is 3.29. The molecule has 1 amide bonds. The summed E-state index contributed by atoms with van der Waals surface area (Å²) in [6, 6.07) is 14.7. The van der Waals surface area contributed by atoms with Crippen LogP contribution in [0.4, 0.5) is 0 Å². The number of hydrogen-bond donors (Lipinski definition) is 1. The van der Waals surface area contributed by atoms with Gasteiger partial charge in [-0.1, -0.05) is 48.9 Å². The minimum atomic E-state index is -0.234. The van der Waals surface area contributed by atoms with E-state index in [9.17, 15) is 9.59 Å². The van der Waals surface area contributed by atoms with Crippen molar-refractivity contribution >= 4 is 23.3 Å². The zero-order chi connectivity index (χ0) is 17.5. The second-order valence-electron chi connectivity index (χ2n) is 5.60. The topological polar surface area (TPSA) is 55.4 Å². The van der Waals surface area contributed by atoms with Gasteiger partial charge in [0.15, 0.2) is 12.4 Å². The van der Waals surface area contributed by atoms with Gasteiger partial charge in [0.1, 0.15) is 5.75 Å². The molecule has 2 aromatic rings. The van der Waals surface area contributed by atoms with E-state index in [2.05, 4.69) is 5.32 Å². The Morgan fingerprint density at radius 3 is 2.54 bits per heavy atom. The van der Waals surface area contributed by atoms with Gasteiger partial charge in [-0.3, -0.25) is 9.59 Å². The van der Waals surface area contributed by atoms with Crippen LogP contribution in [0.5, 0.6) is 5.75 Å². The number of ether oxygens (including phenoxy) is 1. The highest BCUT2D eigenvalue weighted by atomic mass is 35.5. The van der Waals surface area contributed by atoms with E-state index < -0.39 is 0 Å². The first-order valence-electron chi connectivity index (χ1n) is 7.72. The average molecular weight is 346 g/mol. The number of Topliss-reactive ketones (excluding diaryl/α,β-unsaturated/α-hetero) is 1. The predicted molar refractivity (Wildman–Crippen MR) is 94.8 cm³/mol. The standard InChI is InChI=1S/C19H20ClNO3/c1-13(15-6-4-3-5-7-15)11-21-19(23)12-24-18-9-8-16(20)10-17(18)14(2)22/h3-10,13H,11-12H2,1-2H3,(H,21,23)/t13-/m1/s1. The summed E-state index contributed by atoms with van der Waals surface area (Å²) in [5.41, 5.74) is 1.53.